The monoisotopic (exact) mass is 320 g/mol. The van der Waals surface area contributed by atoms with Gasteiger partial charge in [0.2, 0.25) is 0 Å². The van der Waals surface area contributed by atoms with E-state index in [-0.39, 0.29) is 5.91 Å². The third-order valence-corrected chi connectivity index (χ3v) is 4.56. The lowest BCUT2D eigenvalue weighted by molar-refractivity contribution is 0.0953. The van der Waals surface area contributed by atoms with Crippen LogP contribution in [0.25, 0.3) is 11.0 Å². The van der Waals surface area contributed by atoms with Gasteiger partial charge in [0.25, 0.3) is 5.91 Å². The molecule has 0 bridgehead atoms. The second-order valence-electron chi connectivity index (χ2n) is 6.11. The van der Waals surface area contributed by atoms with Gasteiger partial charge >= 0.3 is 0 Å². The highest BCUT2D eigenvalue weighted by molar-refractivity contribution is 5.97. The zero-order valence-corrected chi connectivity index (χ0v) is 13.5. The molecule has 0 unspecified atom stereocenters. The van der Waals surface area contributed by atoms with Crippen molar-refractivity contribution in [2.24, 2.45) is 0 Å². The molecular formula is C19H20N4O. The number of imidazole rings is 1. The van der Waals surface area contributed by atoms with Gasteiger partial charge in [-0.2, -0.15) is 0 Å². The minimum Gasteiger partial charge on any atom is -0.371 e. The Balaban J connectivity index is 1.29. The highest BCUT2D eigenvalue weighted by Gasteiger charge is 2.17. The summed E-state index contributed by atoms with van der Waals surface area (Å²) in [4.78, 5) is 21.8. The smallest absolute Gasteiger partial charge is 0.251 e. The second kappa shape index (κ2) is 6.35. The van der Waals surface area contributed by atoms with Crippen LogP contribution in [-0.2, 0) is 6.42 Å². The van der Waals surface area contributed by atoms with Crippen LogP contribution in [0.2, 0.25) is 0 Å². The van der Waals surface area contributed by atoms with E-state index >= 15 is 0 Å². The molecule has 3 aromatic rings. The fourth-order valence-corrected chi connectivity index (χ4v) is 3.29. The van der Waals surface area contributed by atoms with Crippen LogP contribution >= 0.6 is 0 Å². The molecule has 24 heavy (non-hydrogen) atoms. The zero-order chi connectivity index (χ0) is 16.4. The number of rotatable bonds is 5. The third kappa shape index (κ3) is 2.85. The molecule has 4 rings (SSSR count). The fraction of sp³-hybridized carbons (Fsp3) is 0.263. The van der Waals surface area contributed by atoms with Crippen LogP contribution in [0.5, 0.6) is 0 Å². The lowest BCUT2D eigenvalue weighted by atomic mass is 10.2. The van der Waals surface area contributed by atoms with Gasteiger partial charge in [-0.15, -0.1) is 0 Å². The molecular weight excluding hydrogens is 300 g/mol. The van der Waals surface area contributed by atoms with Crippen molar-refractivity contribution in [1.29, 1.82) is 0 Å². The van der Waals surface area contributed by atoms with Crippen molar-refractivity contribution in [2.75, 3.05) is 24.5 Å². The van der Waals surface area contributed by atoms with Gasteiger partial charge in [-0.3, -0.25) is 4.79 Å². The summed E-state index contributed by atoms with van der Waals surface area (Å²) in [7, 11) is 0. The first-order chi connectivity index (χ1) is 11.8. The summed E-state index contributed by atoms with van der Waals surface area (Å²) in [6, 6.07) is 14.1. The minimum absolute atomic E-state index is 0.0340. The summed E-state index contributed by atoms with van der Waals surface area (Å²) in [6.45, 7) is 2.72. The Kier molecular flexibility index (Phi) is 3.91. The van der Waals surface area contributed by atoms with Crippen LogP contribution in [-0.4, -0.2) is 35.5 Å². The van der Waals surface area contributed by atoms with Gasteiger partial charge in [0, 0.05) is 30.9 Å². The van der Waals surface area contributed by atoms with Crippen molar-refractivity contribution >= 4 is 22.6 Å². The molecule has 122 valence electrons. The summed E-state index contributed by atoms with van der Waals surface area (Å²) >= 11 is 0. The number of carbonyl (C=O) groups excluding carboxylic acids is 1. The molecule has 1 aliphatic rings. The molecule has 1 aliphatic heterocycles. The first-order valence-electron chi connectivity index (χ1n) is 8.35. The first kappa shape index (κ1) is 14.8. The third-order valence-electron chi connectivity index (χ3n) is 4.56. The van der Waals surface area contributed by atoms with Crippen LogP contribution in [0.1, 0.15) is 22.3 Å². The van der Waals surface area contributed by atoms with E-state index in [0.29, 0.717) is 12.1 Å². The number of hydrogen-bond donors (Lipinski definition) is 2. The number of H-pyrrole nitrogens is 1. The average molecular weight is 320 g/mol. The topological polar surface area (TPSA) is 61.0 Å². The number of hydrogen-bond acceptors (Lipinski definition) is 3. The van der Waals surface area contributed by atoms with Crippen LogP contribution in [0.15, 0.2) is 48.8 Å². The van der Waals surface area contributed by atoms with Crippen molar-refractivity contribution in [3.8, 4) is 0 Å². The normalized spacial score (nSPS) is 13.2. The van der Waals surface area contributed by atoms with Crippen LogP contribution in [0.4, 0.5) is 5.69 Å². The molecule has 0 saturated carbocycles. The van der Waals surface area contributed by atoms with Crippen LogP contribution in [0, 0.1) is 0 Å². The number of amides is 1. The number of fused-ring (bicyclic) bond motifs is 2. The maximum absolute atomic E-state index is 12.2. The summed E-state index contributed by atoms with van der Waals surface area (Å²) in [5, 5.41) is 3.00. The van der Waals surface area contributed by atoms with E-state index in [1.807, 2.05) is 18.2 Å². The minimum atomic E-state index is -0.0340. The zero-order valence-electron chi connectivity index (χ0n) is 13.5. The molecule has 2 N–H and O–H groups in total. The molecule has 0 atom stereocenters. The van der Waals surface area contributed by atoms with Gasteiger partial charge < -0.3 is 15.2 Å². The largest absolute Gasteiger partial charge is 0.371 e. The summed E-state index contributed by atoms with van der Waals surface area (Å²) < 4.78 is 0. The van der Waals surface area contributed by atoms with Crippen molar-refractivity contribution < 1.29 is 4.79 Å². The molecule has 0 fully saturated rings. The van der Waals surface area contributed by atoms with E-state index < -0.39 is 0 Å². The van der Waals surface area contributed by atoms with Crippen molar-refractivity contribution in [3.63, 3.8) is 0 Å². The number of nitrogens with zero attached hydrogens (tertiary/aromatic N) is 2. The molecule has 0 saturated heterocycles. The predicted octanol–water partition coefficient (Wildman–Crippen LogP) is 2.75. The summed E-state index contributed by atoms with van der Waals surface area (Å²) in [6.07, 6.45) is 3.69. The SMILES string of the molecule is O=C(NCCCN1CCc2ccccc21)c1ccc2nc[nH]c2c1. The average Bonchev–Trinajstić information content (AvgIpc) is 3.24. The maximum atomic E-state index is 12.2. The van der Waals surface area contributed by atoms with E-state index in [1.165, 1.54) is 11.3 Å². The Bertz CT molecular complexity index is 870. The fourth-order valence-electron chi connectivity index (χ4n) is 3.29. The van der Waals surface area contributed by atoms with Gasteiger partial charge in [0.15, 0.2) is 0 Å². The van der Waals surface area contributed by atoms with E-state index in [2.05, 4.69) is 44.5 Å². The van der Waals surface area contributed by atoms with Gasteiger partial charge in [0.1, 0.15) is 0 Å². The Morgan fingerprint density at radius 3 is 3.12 bits per heavy atom. The standard InChI is InChI=1S/C19H20N4O/c24-19(15-6-7-16-17(12-15)22-13-21-16)20-9-3-10-23-11-8-14-4-1-2-5-18(14)23/h1-2,4-7,12-13H,3,8-11H2,(H,20,24)(H,21,22). The molecule has 1 aromatic heterocycles. The first-order valence-corrected chi connectivity index (χ1v) is 8.35. The van der Waals surface area contributed by atoms with E-state index in [4.69, 9.17) is 0 Å². The maximum Gasteiger partial charge on any atom is 0.251 e. The number of aromatic amines is 1. The van der Waals surface area contributed by atoms with Crippen molar-refractivity contribution in [2.45, 2.75) is 12.8 Å². The highest BCUT2D eigenvalue weighted by Crippen LogP contribution is 2.27. The van der Waals surface area contributed by atoms with Gasteiger partial charge in [-0.05, 0) is 42.7 Å². The highest BCUT2D eigenvalue weighted by atomic mass is 16.1. The van der Waals surface area contributed by atoms with Crippen LogP contribution in [0.3, 0.4) is 0 Å². The summed E-state index contributed by atoms with van der Waals surface area (Å²) in [5.41, 5.74) is 5.19. The molecule has 0 spiro atoms. The Hall–Kier alpha value is -2.82. The lowest BCUT2D eigenvalue weighted by Gasteiger charge is -2.19. The number of benzene rings is 2. The van der Waals surface area contributed by atoms with Gasteiger partial charge in [-0.25, -0.2) is 4.98 Å². The predicted molar refractivity (Wildman–Crippen MR) is 95.4 cm³/mol. The number of aromatic nitrogens is 2. The Morgan fingerprint density at radius 2 is 2.17 bits per heavy atom. The number of anilines is 1. The van der Waals surface area contributed by atoms with Crippen LogP contribution < -0.4 is 10.2 Å². The molecule has 2 heterocycles. The van der Waals surface area contributed by atoms with Gasteiger partial charge in [-0.1, -0.05) is 18.2 Å². The molecule has 0 radical (unpaired) electrons. The van der Waals surface area contributed by atoms with E-state index in [9.17, 15) is 4.79 Å². The lowest BCUT2D eigenvalue weighted by Crippen LogP contribution is -2.29. The number of carbonyl (C=O) groups is 1. The van der Waals surface area contributed by atoms with Crippen molar-refractivity contribution in [1.82, 2.24) is 15.3 Å². The van der Waals surface area contributed by atoms with E-state index in [0.717, 1.165) is 37.0 Å². The van der Waals surface area contributed by atoms with E-state index in [1.54, 1.807) is 6.33 Å². The second-order valence-corrected chi connectivity index (χ2v) is 6.11. The molecule has 5 nitrogen and oxygen atoms in total. The number of nitrogens with one attached hydrogen (secondary N) is 2. The van der Waals surface area contributed by atoms with Gasteiger partial charge in [0.05, 0.1) is 17.4 Å². The molecule has 2 aromatic carbocycles. The molecule has 5 heteroatoms. The quantitative estimate of drug-likeness (QED) is 0.711. The molecule has 1 amide bonds. The Morgan fingerprint density at radius 1 is 1.25 bits per heavy atom. The summed E-state index contributed by atoms with van der Waals surface area (Å²) in [5.74, 6) is -0.0340. The molecule has 0 aliphatic carbocycles. The van der Waals surface area contributed by atoms with Crippen molar-refractivity contribution in [3.05, 3.63) is 59.9 Å². The Labute approximate surface area is 140 Å². The number of para-hydroxylation sites is 1.